The number of nitrogens with zero attached hydrogens (tertiary/aromatic N) is 1. The molecule has 1 saturated heterocycles. The van der Waals surface area contributed by atoms with Gasteiger partial charge in [0.2, 0.25) is 0 Å². The van der Waals surface area contributed by atoms with Gasteiger partial charge in [-0.1, -0.05) is 19.9 Å². The van der Waals surface area contributed by atoms with E-state index in [0.717, 1.165) is 0 Å². The number of rotatable bonds is 11. The van der Waals surface area contributed by atoms with Crippen LogP contribution in [0.1, 0.15) is 44.4 Å². The van der Waals surface area contributed by atoms with E-state index >= 15 is 0 Å². The molecule has 8 heteroatoms. The fourth-order valence-electron chi connectivity index (χ4n) is 3.94. The van der Waals surface area contributed by atoms with Gasteiger partial charge in [0.25, 0.3) is 11.7 Å². The molecule has 0 radical (unpaired) electrons. The Kier molecular flexibility index (Phi) is 8.76. The zero-order valence-electron chi connectivity index (χ0n) is 20.6. The molecule has 0 saturated carbocycles. The molecule has 1 fully saturated rings. The smallest absolute Gasteiger partial charge is 0.295 e. The molecule has 2 aromatic carbocycles. The number of amides is 1. The third-order valence-electron chi connectivity index (χ3n) is 5.60. The van der Waals surface area contributed by atoms with Crippen LogP contribution < -0.4 is 9.47 Å². The Balaban J connectivity index is 2.06. The number of Topliss-reactive ketones (excluding diaryl/α,β-unsaturated/α-hetero) is 1. The molecule has 1 aliphatic heterocycles. The van der Waals surface area contributed by atoms with Gasteiger partial charge in [0.1, 0.15) is 11.5 Å². The molecule has 1 aliphatic rings. The first-order chi connectivity index (χ1) is 16.8. The summed E-state index contributed by atoms with van der Waals surface area (Å²) in [5, 5.41) is 21.3. The van der Waals surface area contributed by atoms with Crippen molar-refractivity contribution in [2.75, 3.05) is 33.5 Å². The topological polar surface area (TPSA) is 106 Å². The van der Waals surface area contributed by atoms with Crippen LogP contribution in [0, 0.1) is 5.92 Å². The van der Waals surface area contributed by atoms with Crippen molar-refractivity contribution in [1.82, 2.24) is 4.90 Å². The summed E-state index contributed by atoms with van der Waals surface area (Å²) in [6.07, 6.45) is 0.512. The fraction of sp³-hybridized carbons (Fsp3) is 0.407. The van der Waals surface area contributed by atoms with Crippen molar-refractivity contribution >= 4 is 17.4 Å². The third-order valence-corrected chi connectivity index (χ3v) is 5.60. The van der Waals surface area contributed by atoms with E-state index in [-0.39, 0.29) is 29.4 Å². The van der Waals surface area contributed by atoms with Crippen LogP contribution in [-0.4, -0.2) is 60.3 Å². The summed E-state index contributed by atoms with van der Waals surface area (Å²) < 4.78 is 16.3. The van der Waals surface area contributed by atoms with E-state index in [1.54, 1.807) is 50.4 Å². The number of aromatic hydroxyl groups is 1. The molecular formula is C27H33NO7. The van der Waals surface area contributed by atoms with E-state index < -0.39 is 17.7 Å². The average Bonchev–Trinajstić information content (AvgIpc) is 3.09. The van der Waals surface area contributed by atoms with Gasteiger partial charge >= 0.3 is 0 Å². The molecule has 1 amide bonds. The lowest BCUT2D eigenvalue weighted by Gasteiger charge is -2.25. The summed E-state index contributed by atoms with van der Waals surface area (Å²) in [5.74, 6) is -0.547. The van der Waals surface area contributed by atoms with Gasteiger partial charge in [0, 0.05) is 25.8 Å². The fourth-order valence-corrected chi connectivity index (χ4v) is 3.94. The molecule has 8 nitrogen and oxygen atoms in total. The lowest BCUT2D eigenvalue weighted by Crippen LogP contribution is -2.31. The number of aliphatic hydroxyl groups is 1. The van der Waals surface area contributed by atoms with Gasteiger partial charge in [0.15, 0.2) is 11.5 Å². The highest BCUT2D eigenvalue weighted by atomic mass is 16.5. The minimum Gasteiger partial charge on any atom is -0.507 e. The van der Waals surface area contributed by atoms with Gasteiger partial charge < -0.3 is 29.3 Å². The normalized spacial score (nSPS) is 17.3. The Morgan fingerprint density at radius 2 is 1.80 bits per heavy atom. The number of ether oxygens (including phenoxy) is 3. The van der Waals surface area contributed by atoms with Crippen LogP contribution in [0.25, 0.3) is 5.76 Å². The summed E-state index contributed by atoms with van der Waals surface area (Å²) in [6.45, 7) is 7.44. The second-order valence-electron chi connectivity index (χ2n) is 8.73. The summed E-state index contributed by atoms with van der Waals surface area (Å²) >= 11 is 0. The number of aliphatic hydroxyl groups excluding tert-OH is 1. The number of phenols is 1. The van der Waals surface area contributed by atoms with Gasteiger partial charge in [-0.25, -0.2) is 0 Å². The van der Waals surface area contributed by atoms with E-state index in [2.05, 4.69) is 0 Å². The highest BCUT2D eigenvalue weighted by Crippen LogP contribution is 2.42. The standard InChI is InChI=1S/C27H33NO7/c1-5-34-22-15-19(9-12-21(22)29)24-23(26(31)27(32)28(24)13-6-14-33-4)25(30)18-7-10-20(11-8-18)35-16-17(2)3/h7-12,15,17,24,29-30H,5-6,13-14,16H2,1-4H3/t24-/m0/s1. The molecule has 3 rings (SSSR count). The second-order valence-corrected chi connectivity index (χ2v) is 8.73. The first kappa shape index (κ1) is 26.1. The molecule has 0 bridgehead atoms. The molecule has 0 spiro atoms. The van der Waals surface area contributed by atoms with E-state index in [0.29, 0.717) is 49.0 Å². The van der Waals surface area contributed by atoms with E-state index in [9.17, 15) is 19.8 Å². The first-order valence-electron chi connectivity index (χ1n) is 11.7. The van der Waals surface area contributed by atoms with Crippen LogP contribution in [0.4, 0.5) is 0 Å². The first-order valence-corrected chi connectivity index (χ1v) is 11.7. The molecular weight excluding hydrogens is 450 g/mol. The Morgan fingerprint density at radius 1 is 1.09 bits per heavy atom. The Labute approximate surface area is 205 Å². The Hall–Kier alpha value is -3.52. The van der Waals surface area contributed by atoms with Crippen LogP contribution in [0.2, 0.25) is 0 Å². The molecule has 2 N–H and O–H groups in total. The van der Waals surface area contributed by atoms with Crippen molar-refractivity contribution in [3.05, 3.63) is 59.2 Å². The maximum absolute atomic E-state index is 13.1. The maximum atomic E-state index is 13.1. The predicted molar refractivity (Wildman–Crippen MR) is 132 cm³/mol. The Morgan fingerprint density at radius 3 is 2.43 bits per heavy atom. The minimum atomic E-state index is -0.844. The number of methoxy groups -OCH3 is 1. The van der Waals surface area contributed by atoms with Gasteiger partial charge in [-0.05, 0) is 61.2 Å². The van der Waals surface area contributed by atoms with Crippen LogP contribution in [0.5, 0.6) is 17.2 Å². The van der Waals surface area contributed by atoms with Crippen molar-refractivity contribution in [3.8, 4) is 17.2 Å². The maximum Gasteiger partial charge on any atom is 0.295 e. The largest absolute Gasteiger partial charge is 0.507 e. The second kappa shape index (κ2) is 11.8. The highest BCUT2D eigenvalue weighted by Gasteiger charge is 2.46. The molecule has 0 aromatic heterocycles. The van der Waals surface area contributed by atoms with Crippen molar-refractivity contribution in [1.29, 1.82) is 0 Å². The average molecular weight is 484 g/mol. The summed E-state index contributed by atoms with van der Waals surface area (Å²) in [5.41, 5.74) is 0.920. The zero-order valence-corrected chi connectivity index (χ0v) is 20.6. The quantitative estimate of drug-likeness (QED) is 0.213. The van der Waals surface area contributed by atoms with Gasteiger partial charge in [-0.15, -0.1) is 0 Å². The summed E-state index contributed by atoms with van der Waals surface area (Å²) in [7, 11) is 1.56. The highest BCUT2D eigenvalue weighted by molar-refractivity contribution is 6.46. The number of benzene rings is 2. The molecule has 1 atom stereocenters. The van der Waals surface area contributed by atoms with Crippen LogP contribution in [-0.2, 0) is 14.3 Å². The summed E-state index contributed by atoms with van der Waals surface area (Å²) in [6, 6.07) is 10.6. The van der Waals surface area contributed by atoms with E-state index in [4.69, 9.17) is 14.2 Å². The summed E-state index contributed by atoms with van der Waals surface area (Å²) in [4.78, 5) is 27.5. The van der Waals surface area contributed by atoms with Crippen molar-refractivity contribution in [3.63, 3.8) is 0 Å². The van der Waals surface area contributed by atoms with Gasteiger partial charge in [-0.2, -0.15) is 0 Å². The minimum absolute atomic E-state index is 0.0172. The number of phenolic OH excluding ortho intramolecular Hbond substituents is 1. The number of carbonyl (C=O) groups excluding carboxylic acids is 2. The number of hydrogen-bond donors (Lipinski definition) is 2. The molecule has 0 unspecified atom stereocenters. The number of likely N-dealkylation sites (tertiary alicyclic amines) is 1. The number of carbonyl (C=O) groups is 2. The van der Waals surface area contributed by atoms with Crippen LogP contribution >= 0.6 is 0 Å². The molecule has 188 valence electrons. The molecule has 1 heterocycles. The van der Waals surface area contributed by atoms with Gasteiger partial charge in [0.05, 0.1) is 24.8 Å². The van der Waals surface area contributed by atoms with Crippen molar-refractivity contribution in [2.45, 2.75) is 33.2 Å². The van der Waals surface area contributed by atoms with Crippen LogP contribution in [0.15, 0.2) is 48.0 Å². The molecule has 2 aromatic rings. The molecule has 35 heavy (non-hydrogen) atoms. The van der Waals surface area contributed by atoms with Crippen LogP contribution in [0.3, 0.4) is 0 Å². The zero-order chi connectivity index (χ0) is 25.5. The van der Waals surface area contributed by atoms with Crippen molar-refractivity contribution in [2.24, 2.45) is 5.92 Å². The SMILES string of the molecule is CCOc1cc([C@H]2C(=C(O)c3ccc(OCC(C)C)cc3)C(=O)C(=O)N2CCCOC)ccc1O. The van der Waals surface area contributed by atoms with E-state index in [1.165, 1.54) is 11.0 Å². The monoisotopic (exact) mass is 483 g/mol. The predicted octanol–water partition coefficient (Wildman–Crippen LogP) is 4.28. The third kappa shape index (κ3) is 5.95. The lowest BCUT2D eigenvalue weighted by molar-refractivity contribution is -0.140. The lowest BCUT2D eigenvalue weighted by atomic mass is 9.95. The Bertz CT molecular complexity index is 1080. The van der Waals surface area contributed by atoms with E-state index in [1.807, 2.05) is 13.8 Å². The molecule has 0 aliphatic carbocycles. The number of hydrogen-bond acceptors (Lipinski definition) is 7. The van der Waals surface area contributed by atoms with Gasteiger partial charge in [-0.3, -0.25) is 9.59 Å². The van der Waals surface area contributed by atoms with Crippen molar-refractivity contribution < 1.29 is 34.0 Å². The number of ketones is 1.